The first-order valence-corrected chi connectivity index (χ1v) is 23.6. The molecule has 69 heavy (non-hydrogen) atoms. The second-order valence-corrected chi connectivity index (χ2v) is 17.6. The van der Waals surface area contributed by atoms with Gasteiger partial charge in [-0.05, 0) is 93.5 Å². The molecule has 0 spiro atoms. The lowest BCUT2D eigenvalue weighted by Gasteiger charge is -2.29. The predicted octanol–water partition coefficient (Wildman–Crippen LogP) is 18.5. The monoisotopic (exact) mass is 880 g/mol. The Kier molecular flexibility index (Phi) is 9.84. The molecule has 2 aromatic heterocycles. The van der Waals surface area contributed by atoms with Crippen molar-refractivity contribution < 1.29 is 4.42 Å². The van der Waals surface area contributed by atoms with E-state index in [1.54, 1.807) is 0 Å². The summed E-state index contributed by atoms with van der Waals surface area (Å²) in [6.07, 6.45) is 0. The van der Waals surface area contributed by atoms with Gasteiger partial charge < -0.3 is 13.9 Å². The van der Waals surface area contributed by atoms with Crippen molar-refractivity contribution in [2.24, 2.45) is 0 Å². The van der Waals surface area contributed by atoms with Crippen molar-refractivity contribution in [3.63, 3.8) is 0 Å². The number of benzene rings is 11. The zero-order chi connectivity index (χ0) is 45.7. The average Bonchev–Trinajstić information content (AvgIpc) is 3.98. The molecule has 0 aliphatic carbocycles. The Morgan fingerprint density at radius 2 is 0.768 bits per heavy atom. The lowest BCUT2D eigenvalue weighted by atomic mass is 9.93. The van der Waals surface area contributed by atoms with Crippen LogP contribution in [-0.2, 0) is 0 Å². The molecule has 0 saturated heterocycles. The molecule has 13 rings (SSSR count). The van der Waals surface area contributed by atoms with Gasteiger partial charge in [0.05, 0.1) is 22.4 Å². The molecule has 0 aliphatic heterocycles. The molecule has 11 aromatic carbocycles. The molecule has 0 saturated carbocycles. The minimum absolute atomic E-state index is 0.896. The molecule has 13 aromatic rings. The first-order chi connectivity index (χ1) is 34.2. The van der Waals surface area contributed by atoms with Crippen LogP contribution in [0, 0.1) is 0 Å². The summed E-state index contributed by atoms with van der Waals surface area (Å²) >= 11 is 0. The number of anilines is 3. The van der Waals surface area contributed by atoms with Crippen LogP contribution < -0.4 is 4.90 Å². The summed E-state index contributed by atoms with van der Waals surface area (Å²) in [7, 11) is 0. The van der Waals surface area contributed by atoms with Crippen LogP contribution in [0.5, 0.6) is 0 Å². The molecule has 0 atom stereocenters. The van der Waals surface area contributed by atoms with Gasteiger partial charge in [-0.15, -0.1) is 0 Å². The van der Waals surface area contributed by atoms with Gasteiger partial charge in [-0.2, -0.15) is 0 Å². The second-order valence-electron chi connectivity index (χ2n) is 17.6. The van der Waals surface area contributed by atoms with Gasteiger partial charge in [0.2, 0.25) is 0 Å². The van der Waals surface area contributed by atoms with E-state index in [1.807, 2.05) is 12.1 Å². The van der Waals surface area contributed by atoms with Crippen LogP contribution in [0.15, 0.2) is 271 Å². The minimum atomic E-state index is 0.896. The number of para-hydroxylation sites is 5. The largest absolute Gasteiger partial charge is 0.455 e. The molecular weight excluding hydrogens is 837 g/mol. The van der Waals surface area contributed by atoms with E-state index in [0.717, 1.165) is 72.5 Å². The quantitative estimate of drug-likeness (QED) is 0.144. The highest BCUT2D eigenvalue weighted by atomic mass is 16.3. The third-order valence-corrected chi connectivity index (χ3v) is 13.7. The summed E-state index contributed by atoms with van der Waals surface area (Å²) < 4.78 is 8.95. The maximum Gasteiger partial charge on any atom is 0.143 e. The lowest BCUT2D eigenvalue weighted by molar-refractivity contribution is 0.670. The van der Waals surface area contributed by atoms with Gasteiger partial charge in [0.15, 0.2) is 0 Å². The molecule has 0 aliphatic rings. The van der Waals surface area contributed by atoms with Gasteiger partial charge in [0, 0.05) is 49.6 Å². The van der Waals surface area contributed by atoms with Gasteiger partial charge in [-0.25, -0.2) is 0 Å². The summed E-state index contributed by atoms with van der Waals surface area (Å²) in [5.74, 6) is 0. The van der Waals surface area contributed by atoms with Crippen molar-refractivity contribution in [1.29, 1.82) is 0 Å². The third kappa shape index (κ3) is 6.99. The van der Waals surface area contributed by atoms with E-state index in [2.05, 4.69) is 264 Å². The van der Waals surface area contributed by atoms with E-state index < -0.39 is 0 Å². The van der Waals surface area contributed by atoms with E-state index >= 15 is 0 Å². The Labute approximate surface area is 401 Å². The van der Waals surface area contributed by atoms with E-state index in [4.69, 9.17) is 4.42 Å². The zero-order valence-corrected chi connectivity index (χ0v) is 37.7. The number of rotatable bonds is 9. The van der Waals surface area contributed by atoms with E-state index in [1.165, 1.54) is 49.6 Å². The zero-order valence-electron chi connectivity index (χ0n) is 37.7. The fraction of sp³-hybridized carbons (Fsp3) is 0. The van der Waals surface area contributed by atoms with Gasteiger partial charge in [-0.1, -0.05) is 212 Å². The lowest BCUT2D eigenvalue weighted by Crippen LogP contribution is -2.11. The van der Waals surface area contributed by atoms with Gasteiger partial charge in [-0.3, -0.25) is 0 Å². The van der Waals surface area contributed by atoms with Crippen molar-refractivity contribution >= 4 is 60.8 Å². The minimum Gasteiger partial charge on any atom is -0.455 e. The standard InChI is InChI=1S/C66H44N2O/c1-3-18-45(19-4-1)49-38-43-53(64(44-49)68-62-31-14-10-25-57(62)58-26-11-15-32-63(58)68)47-34-39-50(40-35-47)67(61-30-13-9-24-56(61)55-23-8-7-22-52(55)46-20-5-2-6-21-46)51-41-36-48(37-42-51)54-28-17-29-60-59-27-12-16-33-65(59)69-66(54)60/h1-44H. The van der Waals surface area contributed by atoms with Gasteiger partial charge in [0.1, 0.15) is 11.2 Å². The molecule has 0 unspecified atom stereocenters. The summed E-state index contributed by atoms with van der Waals surface area (Å²) in [6.45, 7) is 0. The van der Waals surface area contributed by atoms with Crippen LogP contribution in [0.3, 0.4) is 0 Å². The van der Waals surface area contributed by atoms with Crippen LogP contribution in [0.2, 0.25) is 0 Å². The summed E-state index contributed by atoms with van der Waals surface area (Å²) in [5.41, 5.74) is 20.0. The Morgan fingerprint density at radius 1 is 0.290 bits per heavy atom. The molecule has 0 bridgehead atoms. The van der Waals surface area contributed by atoms with Crippen molar-refractivity contribution in [2.75, 3.05) is 4.90 Å². The summed E-state index contributed by atoms with van der Waals surface area (Å²) in [6, 6.07) is 96.1. The van der Waals surface area contributed by atoms with Crippen molar-refractivity contribution in [1.82, 2.24) is 4.57 Å². The molecule has 0 N–H and O–H groups in total. The highest BCUT2D eigenvalue weighted by Crippen LogP contribution is 2.46. The Bertz CT molecular complexity index is 3940. The fourth-order valence-corrected chi connectivity index (χ4v) is 10.4. The average molecular weight is 881 g/mol. The molecule has 2 heterocycles. The number of fused-ring (bicyclic) bond motifs is 6. The van der Waals surface area contributed by atoms with Crippen molar-refractivity contribution in [3.05, 3.63) is 267 Å². The first-order valence-electron chi connectivity index (χ1n) is 23.6. The summed E-state index contributed by atoms with van der Waals surface area (Å²) in [5, 5.41) is 4.73. The number of nitrogens with zero attached hydrogens (tertiary/aromatic N) is 2. The molecular formula is C66H44N2O. The molecule has 0 fully saturated rings. The maximum atomic E-state index is 6.51. The second kappa shape index (κ2) is 16.9. The van der Waals surface area contributed by atoms with Crippen LogP contribution >= 0.6 is 0 Å². The Balaban J connectivity index is 0.976. The number of hydrogen-bond donors (Lipinski definition) is 0. The van der Waals surface area contributed by atoms with Crippen molar-refractivity contribution in [3.8, 4) is 61.3 Å². The molecule has 324 valence electrons. The molecule has 3 heteroatoms. The third-order valence-electron chi connectivity index (χ3n) is 13.7. The van der Waals surface area contributed by atoms with Crippen LogP contribution in [0.4, 0.5) is 17.1 Å². The predicted molar refractivity (Wildman–Crippen MR) is 290 cm³/mol. The van der Waals surface area contributed by atoms with Crippen LogP contribution in [0.25, 0.3) is 105 Å². The Morgan fingerprint density at radius 3 is 1.45 bits per heavy atom. The van der Waals surface area contributed by atoms with Gasteiger partial charge >= 0.3 is 0 Å². The van der Waals surface area contributed by atoms with E-state index in [9.17, 15) is 0 Å². The Hall–Kier alpha value is -9.18. The highest BCUT2D eigenvalue weighted by Gasteiger charge is 2.22. The topological polar surface area (TPSA) is 21.3 Å². The number of furan rings is 1. The van der Waals surface area contributed by atoms with Gasteiger partial charge in [0.25, 0.3) is 0 Å². The molecule has 0 radical (unpaired) electrons. The maximum absolute atomic E-state index is 6.51. The number of aromatic nitrogens is 1. The smallest absolute Gasteiger partial charge is 0.143 e. The van der Waals surface area contributed by atoms with Crippen LogP contribution in [-0.4, -0.2) is 4.57 Å². The van der Waals surface area contributed by atoms with Crippen molar-refractivity contribution in [2.45, 2.75) is 0 Å². The van der Waals surface area contributed by atoms with E-state index in [-0.39, 0.29) is 0 Å². The molecule has 3 nitrogen and oxygen atoms in total. The van der Waals surface area contributed by atoms with E-state index in [0.29, 0.717) is 0 Å². The highest BCUT2D eigenvalue weighted by molar-refractivity contribution is 6.11. The fourth-order valence-electron chi connectivity index (χ4n) is 10.4. The molecule has 0 amide bonds. The SMILES string of the molecule is c1ccc(-c2ccc(-c3ccc(N(c4ccc(-c5cccc6c5oc5ccccc56)cc4)c4ccccc4-c4ccccc4-c4ccccc4)cc3)c(-n3c4ccccc4c4ccccc43)c2)cc1. The van der Waals surface area contributed by atoms with Crippen LogP contribution in [0.1, 0.15) is 0 Å². The normalized spacial score (nSPS) is 11.5. The summed E-state index contributed by atoms with van der Waals surface area (Å²) in [4.78, 5) is 2.40. The first kappa shape index (κ1) is 40.1. The number of hydrogen-bond acceptors (Lipinski definition) is 2.